The Bertz CT molecular complexity index is 1490. The first-order valence-corrected chi connectivity index (χ1v) is 12.9. The zero-order chi connectivity index (χ0) is 27.0. The molecule has 9 heteroatoms. The molecular weight excluding hydrogens is 488 g/mol. The van der Waals surface area contributed by atoms with Gasteiger partial charge in [0.05, 0.1) is 24.4 Å². The van der Waals surface area contributed by atoms with Gasteiger partial charge in [-0.1, -0.05) is 0 Å². The van der Waals surface area contributed by atoms with Crippen molar-refractivity contribution in [3.63, 3.8) is 0 Å². The normalized spacial score (nSPS) is 16.6. The predicted molar refractivity (Wildman–Crippen MR) is 150 cm³/mol. The van der Waals surface area contributed by atoms with Crippen LogP contribution in [0.25, 0.3) is 16.5 Å². The van der Waals surface area contributed by atoms with Crippen LogP contribution in [0.4, 0.5) is 25.8 Å². The van der Waals surface area contributed by atoms with Gasteiger partial charge in [-0.05, 0) is 61.2 Å². The summed E-state index contributed by atoms with van der Waals surface area (Å²) in [5, 5.41) is 0.915. The van der Waals surface area contributed by atoms with E-state index >= 15 is 0 Å². The number of halogens is 2. The molecule has 3 aromatic rings. The van der Waals surface area contributed by atoms with Gasteiger partial charge in [0, 0.05) is 79.6 Å². The molecule has 1 aromatic heterocycles. The summed E-state index contributed by atoms with van der Waals surface area (Å²) in [5.41, 5.74) is 11.6. The van der Waals surface area contributed by atoms with Gasteiger partial charge in [0.25, 0.3) is 12.0 Å². The number of pyridine rings is 1. The third-order valence-electron chi connectivity index (χ3n) is 7.52. The number of benzene rings is 2. The molecule has 200 valence electrons. The van der Waals surface area contributed by atoms with Crippen LogP contribution in [-0.2, 0) is 18.2 Å². The molecule has 3 heterocycles. The third-order valence-corrected chi connectivity index (χ3v) is 7.52. The Morgan fingerprint density at radius 2 is 1.87 bits per heavy atom. The molecule has 5 rings (SSSR count). The fourth-order valence-corrected chi connectivity index (χ4v) is 5.58. The van der Waals surface area contributed by atoms with Crippen molar-refractivity contribution in [2.75, 3.05) is 49.7 Å². The molecule has 0 amide bonds. The summed E-state index contributed by atoms with van der Waals surface area (Å²) in [5.74, 6) is 0. The van der Waals surface area contributed by atoms with E-state index in [9.17, 15) is 13.6 Å². The van der Waals surface area contributed by atoms with E-state index in [2.05, 4.69) is 20.9 Å². The van der Waals surface area contributed by atoms with Crippen LogP contribution in [0.15, 0.2) is 46.3 Å². The smallest absolute Gasteiger partial charge is 0.264 e. The largest absolute Gasteiger partial charge is 0.404 e. The van der Waals surface area contributed by atoms with Gasteiger partial charge in [0.15, 0.2) is 0 Å². The highest BCUT2D eigenvalue weighted by Gasteiger charge is 2.27. The SMILES string of the molecule is CN=C/C(=C\N)c1cc2c(cc1C(F)F)N(c1cc(N3CCOCC3)cc3c1cc(C)c(=O)n3C)CCC2. The number of hydrogen-bond acceptors (Lipinski definition) is 6. The van der Waals surface area contributed by atoms with Gasteiger partial charge in [-0.15, -0.1) is 0 Å². The lowest BCUT2D eigenvalue weighted by molar-refractivity contribution is 0.122. The maximum Gasteiger partial charge on any atom is 0.264 e. The number of nitrogens with zero attached hydrogens (tertiary/aromatic N) is 4. The molecule has 0 unspecified atom stereocenters. The molecule has 2 N–H and O–H groups in total. The number of ether oxygens (including phenoxy) is 1. The van der Waals surface area contributed by atoms with Gasteiger partial charge in [-0.25, -0.2) is 8.78 Å². The number of alkyl halides is 2. The Kier molecular flexibility index (Phi) is 7.21. The van der Waals surface area contributed by atoms with Crippen molar-refractivity contribution in [3.05, 3.63) is 69.1 Å². The molecule has 7 nitrogen and oxygen atoms in total. The summed E-state index contributed by atoms with van der Waals surface area (Å²) < 4.78 is 36.0. The lowest BCUT2D eigenvalue weighted by Gasteiger charge is -2.35. The second-order valence-corrected chi connectivity index (χ2v) is 9.82. The topological polar surface area (TPSA) is 76.1 Å². The molecule has 2 aliphatic heterocycles. The van der Waals surface area contributed by atoms with Crippen molar-refractivity contribution in [3.8, 4) is 0 Å². The quantitative estimate of drug-likeness (QED) is 0.493. The van der Waals surface area contributed by atoms with Crippen molar-refractivity contribution < 1.29 is 13.5 Å². The number of nitrogens with two attached hydrogens (primary N) is 1. The van der Waals surface area contributed by atoms with E-state index in [1.54, 1.807) is 24.7 Å². The standard InChI is InChI=1S/C29H33F2N5O2/c1-18-11-24-26(34(3)29(18)37)13-21(35-7-9-38-10-8-35)14-27(24)36-6-4-5-19-12-22(20(16-32)17-33-2)23(28(30)31)15-25(19)36/h11-17,28H,4-10,32H2,1-3H3/b20-16+,33-17?. The highest BCUT2D eigenvalue weighted by molar-refractivity contribution is 6.10. The summed E-state index contributed by atoms with van der Waals surface area (Å²) >= 11 is 0. The van der Waals surface area contributed by atoms with E-state index in [0.717, 1.165) is 59.5 Å². The number of aryl methyl sites for hydroxylation is 3. The molecule has 0 aliphatic carbocycles. The van der Waals surface area contributed by atoms with Crippen molar-refractivity contribution in [2.24, 2.45) is 17.8 Å². The Hall–Kier alpha value is -3.72. The van der Waals surface area contributed by atoms with Gasteiger partial charge in [-0.3, -0.25) is 9.79 Å². The molecule has 0 spiro atoms. The first-order valence-electron chi connectivity index (χ1n) is 12.9. The number of morpholine rings is 1. The van der Waals surface area contributed by atoms with E-state index in [1.165, 1.54) is 12.4 Å². The molecule has 0 radical (unpaired) electrons. The van der Waals surface area contributed by atoms with Gasteiger partial charge in [0.2, 0.25) is 0 Å². The van der Waals surface area contributed by atoms with Crippen LogP contribution in [0.1, 0.15) is 35.1 Å². The maximum atomic E-state index is 14.4. The fourth-order valence-electron chi connectivity index (χ4n) is 5.58. The minimum absolute atomic E-state index is 0.0510. The average Bonchev–Trinajstić information content (AvgIpc) is 2.93. The molecule has 0 bridgehead atoms. The van der Waals surface area contributed by atoms with Crippen LogP contribution in [0.2, 0.25) is 0 Å². The van der Waals surface area contributed by atoms with Crippen molar-refractivity contribution in [2.45, 2.75) is 26.2 Å². The average molecular weight is 522 g/mol. The van der Waals surface area contributed by atoms with Crippen LogP contribution in [0.3, 0.4) is 0 Å². The molecule has 1 saturated heterocycles. The Balaban J connectivity index is 1.75. The van der Waals surface area contributed by atoms with Crippen molar-refractivity contribution in [1.29, 1.82) is 0 Å². The number of allylic oxidation sites excluding steroid dienone is 1. The predicted octanol–water partition coefficient (Wildman–Crippen LogP) is 4.71. The minimum atomic E-state index is -2.68. The first-order chi connectivity index (χ1) is 18.3. The minimum Gasteiger partial charge on any atom is -0.404 e. The summed E-state index contributed by atoms with van der Waals surface area (Å²) in [6.45, 7) is 5.23. The summed E-state index contributed by atoms with van der Waals surface area (Å²) in [6.07, 6.45) is 1.78. The van der Waals surface area contributed by atoms with Crippen molar-refractivity contribution in [1.82, 2.24) is 4.57 Å². The molecule has 0 atom stereocenters. The molecule has 2 aliphatic rings. The van der Waals surface area contributed by atoms with Crippen LogP contribution in [-0.4, -0.2) is 50.7 Å². The highest BCUT2D eigenvalue weighted by atomic mass is 19.3. The van der Waals surface area contributed by atoms with E-state index in [4.69, 9.17) is 10.5 Å². The number of hydrogen-bond donors (Lipinski definition) is 1. The number of aliphatic imine (C=N–C) groups is 1. The van der Waals surface area contributed by atoms with Gasteiger partial charge in [0.1, 0.15) is 0 Å². The third kappa shape index (κ3) is 4.55. The Morgan fingerprint density at radius 3 is 2.55 bits per heavy atom. The molecule has 1 fully saturated rings. The van der Waals surface area contributed by atoms with E-state index < -0.39 is 6.43 Å². The monoisotopic (exact) mass is 521 g/mol. The Morgan fingerprint density at radius 1 is 1.11 bits per heavy atom. The second kappa shape index (κ2) is 10.6. The van der Waals surface area contributed by atoms with E-state index in [0.29, 0.717) is 36.5 Å². The van der Waals surface area contributed by atoms with Crippen LogP contribution >= 0.6 is 0 Å². The molecule has 2 aromatic carbocycles. The van der Waals surface area contributed by atoms with Crippen LogP contribution in [0.5, 0.6) is 0 Å². The number of fused-ring (bicyclic) bond motifs is 2. The molecule has 38 heavy (non-hydrogen) atoms. The fraction of sp³-hybridized carbons (Fsp3) is 0.379. The number of rotatable bonds is 5. The lowest BCUT2D eigenvalue weighted by Crippen LogP contribution is -2.36. The van der Waals surface area contributed by atoms with Crippen LogP contribution in [0, 0.1) is 6.92 Å². The number of anilines is 3. The van der Waals surface area contributed by atoms with Gasteiger partial charge >= 0.3 is 0 Å². The lowest BCUT2D eigenvalue weighted by atomic mass is 9.91. The number of aromatic nitrogens is 1. The van der Waals surface area contributed by atoms with Gasteiger partial charge in [-0.2, -0.15) is 0 Å². The van der Waals surface area contributed by atoms with Gasteiger partial charge < -0.3 is 24.8 Å². The second-order valence-electron chi connectivity index (χ2n) is 9.82. The zero-order valence-electron chi connectivity index (χ0n) is 22.0. The summed E-state index contributed by atoms with van der Waals surface area (Å²) in [6, 6.07) is 9.52. The van der Waals surface area contributed by atoms with E-state index in [1.807, 2.05) is 25.1 Å². The summed E-state index contributed by atoms with van der Waals surface area (Å²) in [7, 11) is 3.37. The molecular formula is C29H33F2N5O2. The first kappa shape index (κ1) is 25.9. The van der Waals surface area contributed by atoms with Crippen LogP contribution < -0.4 is 21.1 Å². The maximum absolute atomic E-state index is 14.4. The Labute approximate surface area is 220 Å². The summed E-state index contributed by atoms with van der Waals surface area (Å²) in [4.78, 5) is 21.2. The molecule has 0 saturated carbocycles. The van der Waals surface area contributed by atoms with E-state index in [-0.39, 0.29) is 11.1 Å². The van der Waals surface area contributed by atoms with Crippen molar-refractivity contribution >= 4 is 39.8 Å². The highest BCUT2D eigenvalue weighted by Crippen LogP contribution is 2.43. The zero-order valence-corrected chi connectivity index (χ0v) is 22.0.